The summed E-state index contributed by atoms with van der Waals surface area (Å²) in [4.78, 5) is 5.33. The maximum Gasteiger partial charge on any atom is 0.00963 e. The first-order valence-corrected chi connectivity index (χ1v) is 5.26. The molecule has 0 aromatic rings. The van der Waals surface area contributed by atoms with E-state index in [2.05, 4.69) is 32.0 Å². The largest absolute Gasteiger partial charge is 0.102 e. The number of rotatable bonds is 6. The van der Waals surface area contributed by atoms with Crippen molar-refractivity contribution in [1.82, 2.24) is 0 Å². The van der Waals surface area contributed by atoms with Gasteiger partial charge in [0.2, 0.25) is 0 Å². The summed E-state index contributed by atoms with van der Waals surface area (Å²) in [5.74, 6) is 0.764. The minimum atomic E-state index is -2.02. The van der Waals surface area contributed by atoms with Gasteiger partial charge in [-0.1, -0.05) is 22.6 Å². The fourth-order valence-corrected chi connectivity index (χ4v) is 2.19. The second-order valence-electron chi connectivity index (χ2n) is 2.06. The summed E-state index contributed by atoms with van der Waals surface area (Å²) in [5.41, 5.74) is 16.6. The Morgan fingerprint density at radius 2 is 1.46 bits per heavy atom. The molecule has 0 atom stereocenters. The highest BCUT2D eigenvalue weighted by atomic mass is 32.3. The Hall–Kier alpha value is -1.55. The van der Waals surface area contributed by atoms with Gasteiger partial charge in [-0.2, -0.15) is 0 Å². The van der Waals surface area contributed by atoms with Crippen molar-refractivity contribution < 1.29 is 0 Å². The third-order valence-corrected chi connectivity index (χ3v) is 3.44. The van der Waals surface area contributed by atoms with E-state index in [1.165, 1.54) is 0 Å². The van der Waals surface area contributed by atoms with Gasteiger partial charge in [-0.05, 0) is 20.1 Å². The van der Waals surface area contributed by atoms with Crippen LogP contribution in [-0.4, -0.2) is 11.5 Å². The molecule has 6 nitrogen and oxygen atoms in total. The number of azide groups is 1. The predicted molar refractivity (Wildman–Crippen MR) is 56.0 cm³/mol. The topological polar surface area (TPSA) is 97.5 Å². The average Bonchev–Trinajstić information content (AvgIpc) is 2.06. The van der Waals surface area contributed by atoms with Crippen molar-refractivity contribution in [3.05, 3.63) is 46.2 Å². The minimum Gasteiger partial charge on any atom is -0.102 e. The molecule has 0 N–H and O–H groups in total. The molecule has 0 bridgehead atoms. The van der Waals surface area contributed by atoms with E-state index in [1.807, 2.05) is 0 Å². The molecule has 13 heavy (non-hydrogen) atoms. The molecule has 0 saturated carbocycles. The van der Waals surface area contributed by atoms with Gasteiger partial charge in [-0.25, -0.2) is 0 Å². The first kappa shape index (κ1) is 11.4. The second-order valence-corrected chi connectivity index (χ2v) is 4.65. The van der Waals surface area contributed by atoms with E-state index < -0.39 is 10.4 Å². The third-order valence-electron chi connectivity index (χ3n) is 1.15. The van der Waals surface area contributed by atoms with Crippen LogP contribution in [0, 0.1) is 0 Å². The van der Waals surface area contributed by atoms with Gasteiger partial charge in [0.05, 0.1) is 0 Å². The molecule has 70 valence electrons. The monoisotopic (exact) mass is 198 g/mol. The Morgan fingerprint density at radius 1 is 1.08 bits per heavy atom. The summed E-state index contributed by atoms with van der Waals surface area (Å²) in [7, 11) is -2.02. The van der Waals surface area contributed by atoms with Crippen LogP contribution in [0.3, 0.4) is 0 Å². The molecule has 0 amide bonds. The lowest BCUT2D eigenvalue weighted by Gasteiger charge is -2.24. The molecule has 0 saturated heterocycles. The van der Waals surface area contributed by atoms with Crippen LogP contribution in [0.1, 0.15) is 0 Å². The van der Waals surface area contributed by atoms with Crippen molar-refractivity contribution in [2.24, 2.45) is 9.04 Å². The van der Waals surface area contributed by atoms with Gasteiger partial charge < -0.3 is 0 Å². The van der Waals surface area contributed by atoms with Gasteiger partial charge in [0, 0.05) is 21.3 Å². The lowest BCUT2D eigenvalue weighted by atomic mass is 10.8. The zero-order chi connectivity index (χ0) is 10.2. The molecule has 0 aromatic heterocycles. The quantitative estimate of drug-likeness (QED) is 0.269. The van der Waals surface area contributed by atoms with Crippen molar-refractivity contribution in [3.8, 4) is 0 Å². The summed E-state index contributed by atoms with van der Waals surface area (Å²) in [5, 5.41) is 0. The molecule has 0 unspecified atom stereocenters. The van der Waals surface area contributed by atoms with Crippen LogP contribution in [0.15, 0.2) is 34.3 Å². The van der Waals surface area contributed by atoms with Crippen LogP contribution < -0.4 is 0 Å². The van der Waals surface area contributed by atoms with E-state index in [-0.39, 0.29) is 0 Å². The van der Waals surface area contributed by atoms with Gasteiger partial charge in [-0.15, -0.1) is 13.2 Å². The van der Waals surface area contributed by atoms with Crippen molar-refractivity contribution in [2.45, 2.75) is 0 Å². The second kappa shape index (κ2) is 6.02. The maximum absolute atomic E-state index is 8.31. The molecular weight excluding hydrogens is 188 g/mol. The zero-order valence-electron chi connectivity index (χ0n) is 7.07. The smallest absolute Gasteiger partial charge is 0.00963 e. The molecule has 0 aliphatic rings. The molecule has 0 aliphatic heterocycles. The molecule has 0 heterocycles. The Morgan fingerprint density at radius 3 is 1.69 bits per heavy atom. The van der Waals surface area contributed by atoms with Crippen LogP contribution in [-0.2, 0) is 0 Å². The maximum atomic E-state index is 8.31. The highest BCUT2D eigenvalue weighted by Gasteiger charge is 2.17. The van der Waals surface area contributed by atoms with E-state index >= 15 is 0 Å². The first-order valence-electron chi connectivity index (χ1n) is 3.38. The average molecular weight is 198 g/mol. The van der Waals surface area contributed by atoms with Gasteiger partial charge in [-0.3, -0.25) is 0 Å². The van der Waals surface area contributed by atoms with Gasteiger partial charge in [0.1, 0.15) is 0 Å². The summed E-state index contributed by atoms with van der Waals surface area (Å²) in [6.07, 6.45) is 3.14. The normalized spacial score (nSPS) is 10.5. The number of nitrogens with zero attached hydrogens (tertiary/aromatic N) is 6. The van der Waals surface area contributed by atoms with Crippen LogP contribution in [0.25, 0.3) is 20.9 Å². The lowest BCUT2D eigenvalue weighted by molar-refractivity contribution is 1.50. The van der Waals surface area contributed by atoms with Crippen LogP contribution in [0.5, 0.6) is 0 Å². The highest BCUT2D eigenvalue weighted by Crippen LogP contribution is 2.51. The van der Waals surface area contributed by atoms with Crippen LogP contribution >= 0.6 is 10.4 Å². The van der Waals surface area contributed by atoms with Crippen molar-refractivity contribution in [3.63, 3.8) is 0 Å². The summed E-state index contributed by atoms with van der Waals surface area (Å²) >= 11 is 0. The van der Waals surface area contributed by atoms with Crippen LogP contribution in [0.2, 0.25) is 0 Å². The molecule has 7 heteroatoms. The Bertz CT molecular complexity index is 255. The summed E-state index contributed by atoms with van der Waals surface area (Å²) < 4.78 is 7.05. The predicted octanol–water partition coefficient (Wildman–Crippen LogP) is 3.61. The SMILES string of the molecule is C=CCS(CC=C)(N=[N+]=[N-])N=[N+]=[N-]. The number of hydrogen-bond acceptors (Lipinski definition) is 2. The van der Waals surface area contributed by atoms with E-state index in [1.54, 1.807) is 12.2 Å². The fraction of sp³-hybridized carbons (Fsp3) is 0.333. The lowest BCUT2D eigenvalue weighted by Crippen LogP contribution is -1.98. The summed E-state index contributed by atoms with van der Waals surface area (Å²) in [6, 6.07) is 0. The molecule has 0 aromatic carbocycles. The standard InChI is InChI=1S/C6H10N6S/c1-3-5-13(6-4-2,11-9-7)12-10-8/h3-4H,1-2,5-6H2. The van der Waals surface area contributed by atoms with E-state index in [0.29, 0.717) is 11.5 Å². The molecule has 0 rings (SSSR count). The minimum absolute atomic E-state index is 0.382. The van der Waals surface area contributed by atoms with Crippen LogP contribution in [0.4, 0.5) is 0 Å². The van der Waals surface area contributed by atoms with Crippen molar-refractivity contribution in [2.75, 3.05) is 11.5 Å². The first-order chi connectivity index (χ1) is 6.24. The van der Waals surface area contributed by atoms with Gasteiger partial charge in [0.15, 0.2) is 0 Å². The van der Waals surface area contributed by atoms with Crippen molar-refractivity contribution in [1.29, 1.82) is 0 Å². The van der Waals surface area contributed by atoms with E-state index in [4.69, 9.17) is 11.1 Å². The van der Waals surface area contributed by atoms with Gasteiger partial charge >= 0.3 is 0 Å². The highest BCUT2D eigenvalue weighted by molar-refractivity contribution is 8.31. The summed E-state index contributed by atoms with van der Waals surface area (Å²) in [6.45, 7) is 7.02. The zero-order valence-corrected chi connectivity index (χ0v) is 7.89. The Balaban J connectivity index is 4.98. The van der Waals surface area contributed by atoms with E-state index in [9.17, 15) is 0 Å². The molecule has 0 radical (unpaired) electrons. The van der Waals surface area contributed by atoms with Gasteiger partial charge in [0.25, 0.3) is 0 Å². The Kier molecular flexibility index (Phi) is 5.30. The van der Waals surface area contributed by atoms with E-state index in [0.717, 1.165) is 0 Å². The molecule has 0 fully saturated rings. The van der Waals surface area contributed by atoms with Crippen molar-refractivity contribution >= 4 is 10.4 Å². The fourth-order valence-electron chi connectivity index (χ4n) is 0.731. The molecule has 0 spiro atoms. The third kappa shape index (κ3) is 3.57. The Labute approximate surface area is 77.8 Å². The molecule has 0 aliphatic carbocycles. The molecular formula is C6H10N6S. The number of hydrogen-bond donors (Lipinski definition) is 0.